The Hall–Kier alpha value is -0.350. The first-order valence-corrected chi connectivity index (χ1v) is 4.28. The van der Waals surface area contributed by atoms with E-state index >= 15 is 0 Å². The summed E-state index contributed by atoms with van der Waals surface area (Å²) in [5.41, 5.74) is -0.800. The molecule has 2 atom stereocenters. The topological polar surface area (TPSA) is 38.3 Å². The molecule has 3 nitrogen and oxygen atoms in total. The molecule has 13 heavy (non-hydrogen) atoms. The summed E-state index contributed by atoms with van der Waals surface area (Å²) >= 11 is 0. The van der Waals surface area contributed by atoms with Crippen molar-refractivity contribution in [1.82, 2.24) is 5.32 Å². The SMILES string of the molecule is Cl.O=C1OCCC12CCNCC2F. The fourth-order valence-electron chi connectivity index (χ4n) is 1.98. The fourth-order valence-corrected chi connectivity index (χ4v) is 1.98. The summed E-state index contributed by atoms with van der Waals surface area (Å²) in [6.45, 7) is 1.39. The molecule has 2 fully saturated rings. The average molecular weight is 210 g/mol. The summed E-state index contributed by atoms with van der Waals surface area (Å²) in [5, 5.41) is 2.92. The van der Waals surface area contributed by atoms with Gasteiger partial charge in [-0.3, -0.25) is 4.79 Å². The van der Waals surface area contributed by atoms with E-state index in [1.54, 1.807) is 0 Å². The maximum absolute atomic E-state index is 13.4. The molecule has 5 heteroatoms. The monoisotopic (exact) mass is 209 g/mol. The number of esters is 1. The van der Waals surface area contributed by atoms with E-state index in [4.69, 9.17) is 4.74 Å². The molecule has 2 aliphatic heterocycles. The number of carbonyl (C=O) groups excluding carboxylic acids is 1. The molecule has 2 heterocycles. The molecule has 0 radical (unpaired) electrons. The van der Waals surface area contributed by atoms with E-state index in [1.807, 2.05) is 0 Å². The Labute approximate surface area is 82.4 Å². The Bertz CT molecular complexity index is 214. The van der Waals surface area contributed by atoms with Gasteiger partial charge in [-0.25, -0.2) is 4.39 Å². The van der Waals surface area contributed by atoms with Crippen LogP contribution in [0.25, 0.3) is 0 Å². The minimum absolute atomic E-state index is 0. The number of rotatable bonds is 0. The second-order valence-electron chi connectivity index (χ2n) is 3.46. The Morgan fingerprint density at radius 3 is 2.85 bits per heavy atom. The summed E-state index contributed by atoms with van der Waals surface area (Å²) in [5.74, 6) is -0.337. The van der Waals surface area contributed by atoms with Gasteiger partial charge in [-0.1, -0.05) is 0 Å². The van der Waals surface area contributed by atoms with Crippen LogP contribution in [0.1, 0.15) is 12.8 Å². The molecule has 1 spiro atoms. The van der Waals surface area contributed by atoms with Gasteiger partial charge in [0.2, 0.25) is 0 Å². The van der Waals surface area contributed by atoms with Crippen molar-refractivity contribution in [1.29, 1.82) is 0 Å². The van der Waals surface area contributed by atoms with Crippen LogP contribution in [0.3, 0.4) is 0 Å². The molecular weight excluding hydrogens is 197 g/mol. The van der Waals surface area contributed by atoms with E-state index in [2.05, 4.69) is 5.32 Å². The molecule has 2 unspecified atom stereocenters. The van der Waals surface area contributed by atoms with Gasteiger partial charge in [-0.15, -0.1) is 12.4 Å². The molecule has 2 aliphatic rings. The fraction of sp³-hybridized carbons (Fsp3) is 0.875. The van der Waals surface area contributed by atoms with Crippen LogP contribution in [0.4, 0.5) is 4.39 Å². The first kappa shape index (κ1) is 10.7. The highest BCUT2D eigenvalue weighted by Gasteiger charge is 2.52. The molecule has 0 saturated carbocycles. The van der Waals surface area contributed by atoms with E-state index in [9.17, 15) is 9.18 Å². The zero-order valence-corrected chi connectivity index (χ0v) is 8.03. The first-order valence-electron chi connectivity index (χ1n) is 4.28. The van der Waals surface area contributed by atoms with E-state index in [0.717, 1.165) is 6.54 Å². The maximum Gasteiger partial charge on any atom is 0.315 e. The van der Waals surface area contributed by atoms with Crippen molar-refractivity contribution in [3.63, 3.8) is 0 Å². The molecule has 0 aromatic rings. The molecule has 0 aromatic heterocycles. The quantitative estimate of drug-likeness (QED) is 0.596. The summed E-state index contributed by atoms with van der Waals surface area (Å²) in [6.07, 6.45) is 0.0584. The highest BCUT2D eigenvalue weighted by Crippen LogP contribution is 2.40. The Kier molecular flexibility index (Phi) is 3.14. The summed E-state index contributed by atoms with van der Waals surface area (Å²) < 4.78 is 18.2. The zero-order valence-electron chi connectivity index (χ0n) is 7.22. The van der Waals surface area contributed by atoms with Crippen LogP contribution in [0.5, 0.6) is 0 Å². The molecule has 0 amide bonds. The van der Waals surface area contributed by atoms with Gasteiger partial charge >= 0.3 is 5.97 Å². The summed E-state index contributed by atoms with van der Waals surface area (Å²) in [6, 6.07) is 0. The smallest absolute Gasteiger partial charge is 0.315 e. The molecule has 0 aromatic carbocycles. The number of hydrogen-bond donors (Lipinski definition) is 1. The van der Waals surface area contributed by atoms with E-state index in [0.29, 0.717) is 19.4 Å². The predicted molar refractivity (Wildman–Crippen MR) is 47.6 cm³/mol. The van der Waals surface area contributed by atoms with Crippen molar-refractivity contribution in [2.45, 2.75) is 19.0 Å². The van der Waals surface area contributed by atoms with Gasteiger partial charge in [0.15, 0.2) is 0 Å². The van der Waals surface area contributed by atoms with Gasteiger partial charge in [0.1, 0.15) is 11.6 Å². The largest absolute Gasteiger partial charge is 0.465 e. The van der Waals surface area contributed by atoms with Gasteiger partial charge in [0.05, 0.1) is 6.61 Å². The van der Waals surface area contributed by atoms with Crippen LogP contribution in [0.2, 0.25) is 0 Å². The van der Waals surface area contributed by atoms with Crippen LogP contribution in [0, 0.1) is 5.41 Å². The van der Waals surface area contributed by atoms with Crippen molar-refractivity contribution in [3.05, 3.63) is 0 Å². The first-order chi connectivity index (χ1) is 5.76. The Morgan fingerprint density at radius 1 is 1.54 bits per heavy atom. The number of alkyl halides is 1. The van der Waals surface area contributed by atoms with Crippen molar-refractivity contribution < 1.29 is 13.9 Å². The van der Waals surface area contributed by atoms with Crippen LogP contribution < -0.4 is 5.32 Å². The Morgan fingerprint density at radius 2 is 2.31 bits per heavy atom. The Balaban J connectivity index is 0.000000845. The third-order valence-corrected chi connectivity index (χ3v) is 2.86. The molecule has 2 rings (SSSR count). The van der Waals surface area contributed by atoms with Crippen LogP contribution in [-0.2, 0) is 9.53 Å². The van der Waals surface area contributed by atoms with Crippen molar-refractivity contribution in [2.75, 3.05) is 19.7 Å². The minimum atomic E-state index is -1.07. The minimum Gasteiger partial charge on any atom is -0.465 e. The molecule has 1 N–H and O–H groups in total. The molecule has 0 aliphatic carbocycles. The van der Waals surface area contributed by atoms with Crippen LogP contribution in [-0.4, -0.2) is 31.8 Å². The number of cyclic esters (lactones) is 1. The lowest BCUT2D eigenvalue weighted by molar-refractivity contribution is -0.150. The second-order valence-corrected chi connectivity index (χ2v) is 3.46. The van der Waals surface area contributed by atoms with Crippen LogP contribution >= 0.6 is 12.4 Å². The molecule has 0 bridgehead atoms. The van der Waals surface area contributed by atoms with Gasteiger partial charge < -0.3 is 10.1 Å². The second kappa shape index (κ2) is 3.80. The van der Waals surface area contributed by atoms with Crippen molar-refractivity contribution >= 4 is 18.4 Å². The molecule has 76 valence electrons. The van der Waals surface area contributed by atoms with E-state index in [1.165, 1.54) is 0 Å². The summed E-state index contributed by atoms with van der Waals surface area (Å²) in [4.78, 5) is 11.3. The number of ether oxygens (including phenoxy) is 1. The van der Waals surface area contributed by atoms with Crippen LogP contribution in [0.15, 0.2) is 0 Å². The zero-order chi connectivity index (χ0) is 8.60. The summed E-state index contributed by atoms with van der Waals surface area (Å²) in [7, 11) is 0. The lowest BCUT2D eigenvalue weighted by Gasteiger charge is -2.32. The van der Waals surface area contributed by atoms with Gasteiger partial charge in [-0.05, 0) is 13.0 Å². The third kappa shape index (κ3) is 1.53. The number of hydrogen-bond acceptors (Lipinski definition) is 3. The number of halogens is 2. The third-order valence-electron chi connectivity index (χ3n) is 2.86. The number of nitrogens with one attached hydrogen (secondary N) is 1. The van der Waals surface area contributed by atoms with Gasteiger partial charge in [-0.2, -0.15) is 0 Å². The highest BCUT2D eigenvalue weighted by atomic mass is 35.5. The molecule has 2 saturated heterocycles. The van der Waals surface area contributed by atoms with Gasteiger partial charge in [0.25, 0.3) is 0 Å². The predicted octanol–water partition coefficient (Wildman–Crippen LogP) is 0.673. The van der Waals surface area contributed by atoms with Gasteiger partial charge in [0, 0.05) is 13.0 Å². The highest BCUT2D eigenvalue weighted by molar-refractivity contribution is 5.85. The van der Waals surface area contributed by atoms with Crippen molar-refractivity contribution in [2.24, 2.45) is 5.41 Å². The lowest BCUT2D eigenvalue weighted by atomic mass is 9.76. The van der Waals surface area contributed by atoms with Crippen molar-refractivity contribution in [3.8, 4) is 0 Å². The number of piperidine rings is 1. The molecular formula is C8H13ClFNO2. The van der Waals surface area contributed by atoms with E-state index in [-0.39, 0.29) is 24.9 Å². The normalized spacial score (nSPS) is 38.5. The van der Waals surface area contributed by atoms with E-state index < -0.39 is 11.6 Å². The standard InChI is InChI=1S/C8H12FNO2.ClH/c9-6-5-10-3-1-8(6)2-4-12-7(8)11;/h6,10H,1-5H2;1H. The lowest BCUT2D eigenvalue weighted by Crippen LogP contribution is -2.49. The maximum atomic E-state index is 13.4. The average Bonchev–Trinajstić information content (AvgIpc) is 2.41. The number of carbonyl (C=O) groups is 1.